The minimum absolute atomic E-state index is 0.0654. The van der Waals surface area contributed by atoms with Crippen molar-refractivity contribution in [3.63, 3.8) is 0 Å². The fourth-order valence-electron chi connectivity index (χ4n) is 2.23. The Morgan fingerprint density at radius 2 is 2.24 bits per heavy atom. The van der Waals surface area contributed by atoms with Gasteiger partial charge in [-0.05, 0) is 43.7 Å². The zero-order valence-electron chi connectivity index (χ0n) is 9.69. The lowest BCUT2D eigenvalue weighted by Gasteiger charge is -2.26. The van der Waals surface area contributed by atoms with Crippen LogP contribution >= 0.6 is 0 Å². The number of carbonyl (C=O) groups excluding carboxylic acids is 1. The van der Waals surface area contributed by atoms with E-state index in [0.717, 1.165) is 25.7 Å². The Hall–Kier alpha value is -1.29. The van der Waals surface area contributed by atoms with E-state index in [4.69, 9.17) is 4.42 Å². The Balaban J connectivity index is 1.69. The van der Waals surface area contributed by atoms with E-state index in [1.54, 1.807) is 18.4 Å². The van der Waals surface area contributed by atoms with E-state index >= 15 is 0 Å². The van der Waals surface area contributed by atoms with Crippen molar-refractivity contribution in [2.24, 2.45) is 11.8 Å². The molecule has 1 atom stereocenters. The first-order valence-electron chi connectivity index (χ1n) is 6.24. The number of aliphatic hydroxyl groups is 1. The van der Waals surface area contributed by atoms with E-state index < -0.39 is 5.60 Å². The average molecular weight is 235 g/mol. The molecule has 2 fully saturated rings. The fourth-order valence-corrected chi connectivity index (χ4v) is 2.23. The van der Waals surface area contributed by atoms with E-state index in [2.05, 4.69) is 5.32 Å². The number of amides is 1. The minimum Gasteiger partial charge on any atom is -0.466 e. The summed E-state index contributed by atoms with van der Waals surface area (Å²) in [7, 11) is 0. The standard InChI is InChI=1S/C13H17NO3/c15-12(9-3-4-9)14-8-13(16,10-5-6-10)11-2-1-7-17-11/h1-2,7,9-10,16H,3-6,8H2,(H,14,15)/t13-/m0/s1. The van der Waals surface area contributed by atoms with Crippen molar-refractivity contribution in [3.05, 3.63) is 24.2 Å². The number of nitrogens with one attached hydrogen (secondary N) is 1. The summed E-state index contributed by atoms with van der Waals surface area (Å²) in [6.45, 7) is 0.264. The third-order valence-electron chi connectivity index (χ3n) is 3.68. The smallest absolute Gasteiger partial charge is 0.223 e. The van der Waals surface area contributed by atoms with E-state index in [0.29, 0.717) is 5.76 Å². The van der Waals surface area contributed by atoms with Crippen LogP contribution in [0.5, 0.6) is 0 Å². The molecule has 2 N–H and O–H groups in total. The van der Waals surface area contributed by atoms with Crippen LogP contribution in [0.3, 0.4) is 0 Å². The van der Waals surface area contributed by atoms with Gasteiger partial charge >= 0.3 is 0 Å². The Morgan fingerprint density at radius 3 is 2.76 bits per heavy atom. The summed E-state index contributed by atoms with van der Waals surface area (Å²) >= 11 is 0. The molecule has 2 aliphatic rings. The summed E-state index contributed by atoms with van der Waals surface area (Å²) < 4.78 is 5.31. The van der Waals surface area contributed by atoms with Crippen molar-refractivity contribution in [1.82, 2.24) is 5.32 Å². The van der Waals surface area contributed by atoms with Gasteiger partial charge in [-0.1, -0.05) is 0 Å². The van der Waals surface area contributed by atoms with Gasteiger partial charge in [0.15, 0.2) is 0 Å². The molecule has 0 radical (unpaired) electrons. The maximum absolute atomic E-state index is 11.6. The molecule has 0 aliphatic heterocycles. The molecule has 0 aromatic carbocycles. The number of hydrogen-bond acceptors (Lipinski definition) is 3. The molecular formula is C13H17NO3. The summed E-state index contributed by atoms with van der Waals surface area (Å²) in [6.07, 6.45) is 5.52. The van der Waals surface area contributed by atoms with Gasteiger partial charge in [-0.15, -0.1) is 0 Å². The molecule has 3 rings (SSSR count). The van der Waals surface area contributed by atoms with E-state index in [9.17, 15) is 9.90 Å². The normalized spacial score (nSPS) is 23.1. The third kappa shape index (κ3) is 2.09. The zero-order chi connectivity index (χ0) is 11.9. The number of furan rings is 1. The van der Waals surface area contributed by atoms with Gasteiger partial charge in [0.05, 0.1) is 12.8 Å². The Morgan fingerprint density at radius 1 is 1.47 bits per heavy atom. The molecule has 0 unspecified atom stereocenters. The maximum atomic E-state index is 11.6. The van der Waals surface area contributed by atoms with Gasteiger partial charge in [-0.2, -0.15) is 0 Å². The predicted octanol–water partition coefficient (Wildman–Crippen LogP) is 1.40. The molecule has 4 nitrogen and oxygen atoms in total. The highest BCUT2D eigenvalue weighted by molar-refractivity contribution is 5.80. The SMILES string of the molecule is O=C(NC[C@@](O)(c1ccco1)C1CC1)C1CC1. The first-order valence-corrected chi connectivity index (χ1v) is 6.24. The quantitative estimate of drug-likeness (QED) is 0.811. The van der Waals surface area contributed by atoms with Crippen LogP contribution in [0.15, 0.2) is 22.8 Å². The first kappa shape index (κ1) is 10.8. The van der Waals surface area contributed by atoms with Gasteiger partial charge in [0.2, 0.25) is 5.91 Å². The van der Waals surface area contributed by atoms with Crippen molar-refractivity contribution in [1.29, 1.82) is 0 Å². The van der Waals surface area contributed by atoms with Gasteiger partial charge in [0.25, 0.3) is 0 Å². The molecule has 0 bridgehead atoms. The van der Waals surface area contributed by atoms with Crippen LogP contribution in [0.1, 0.15) is 31.4 Å². The molecule has 92 valence electrons. The second-order valence-electron chi connectivity index (χ2n) is 5.17. The lowest BCUT2D eigenvalue weighted by atomic mass is 9.94. The molecule has 1 aromatic heterocycles. The van der Waals surface area contributed by atoms with E-state index in [-0.39, 0.29) is 24.3 Å². The Labute approximate surface area is 100 Å². The number of rotatable bonds is 5. The van der Waals surface area contributed by atoms with Gasteiger partial charge in [-0.25, -0.2) is 0 Å². The lowest BCUT2D eigenvalue weighted by molar-refractivity contribution is -0.124. The van der Waals surface area contributed by atoms with Gasteiger partial charge in [0.1, 0.15) is 11.4 Å². The van der Waals surface area contributed by atoms with Gasteiger partial charge < -0.3 is 14.8 Å². The first-order chi connectivity index (χ1) is 8.20. The van der Waals surface area contributed by atoms with Gasteiger partial charge in [0, 0.05) is 5.92 Å². The molecule has 1 heterocycles. The summed E-state index contributed by atoms with van der Waals surface area (Å²) in [6, 6.07) is 3.55. The molecule has 1 amide bonds. The van der Waals surface area contributed by atoms with E-state index in [1.807, 2.05) is 0 Å². The molecule has 0 saturated heterocycles. The molecule has 1 aromatic rings. The number of hydrogen-bond donors (Lipinski definition) is 2. The summed E-state index contributed by atoms with van der Waals surface area (Å²) in [5, 5.41) is 13.5. The largest absolute Gasteiger partial charge is 0.466 e. The minimum atomic E-state index is -1.02. The number of carbonyl (C=O) groups is 1. The third-order valence-corrected chi connectivity index (χ3v) is 3.68. The summed E-state index contributed by atoms with van der Waals surface area (Å²) in [5.74, 6) is 1.02. The molecular weight excluding hydrogens is 218 g/mol. The van der Waals surface area contributed by atoms with Crippen LogP contribution in [0.2, 0.25) is 0 Å². The maximum Gasteiger partial charge on any atom is 0.223 e. The van der Waals surface area contributed by atoms with Crippen molar-refractivity contribution < 1.29 is 14.3 Å². The average Bonchev–Trinajstić information content (AvgIpc) is 3.23. The van der Waals surface area contributed by atoms with Crippen molar-refractivity contribution in [2.75, 3.05) is 6.54 Å². The van der Waals surface area contributed by atoms with Crippen LogP contribution in [-0.4, -0.2) is 17.6 Å². The highest BCUT2D eigenvalue weighted by atomic mass is 16.4. The highest BCUT2D eigenvalue weighted by Gasteiger charge is 2.47. The van der Waals surface area contributed by atoms with Crippen LogP contribution in [-0.2, 0) is 10.4 Å². The highest BCUT2D eigenvalue weighted by Crippen LogP contribution is 2.45. The second kappa shape index (κ2) is 3.88. The molecule has 17 heavy (non-hydrogen) atoms. The topological polar surface area (TPSA) is 62.5 Å². The molecule has 0 spiro atoms. The fraction of sp³-hybridized carbons (Fsp3) is 0.615. The summed E-state index contributed by atoms with van der Waals surface area (Å²) in [5.41, 5.74) is -1.02. The van der Waals surface area contributed by atoms with Crippen molar-refractivity contribution >= 4 is 5.91 Å². The monoisotopic (exact) mass is 235 g/mol. The molecule has 2 aliphatic carbocycles. The second-order valence-corrected chi connectivity index (χ2v) is 5.17. The Kier molecular flexibility index (Phi) is 2.47. The molecule has 4 heteroatoms. The van der Waals surface area contributed by atoms with E-state index in [1.165, 1.54) is 0 Å². The molecule has 2 saturated carbocycles. The van der Waals surface area contributed by atoms with Crippen LogP contribution < -0.4 is 5.32 Å². The van der Waals surface area contributed by atoms with Crippen LogP contribution in [0.4, 0.5) is 0 Å². The van der Waals surface area contributed by atoms with Crippen molar-refractivity contribution in [2.45, 2.75) is 31.3 Å². The van der Waals surface area contributed by atoms with Crippen LogP contribution in [0.25, 0.3) is 0 Å². The van der Waals surface area contributed by atoms with Crippen molar-refractivity contribution in [3.8, 4) is 0 Å². The van der Waals surface area contributed by atoms with Crippen LogP contribution in [0, 0.1) is 11.8 Å². The predicted molar refractivity (Wildman–Crippen MR) is 61.1 cm³/mol. The lowest BCUT2D eigenvalue weighted by Crippen LogP contribution is -2.42. The zero-order valence-corrected chi connectivity index (χ0v) is 9.69. The van der Waals surface area contributed by atoms with Gasteiger partial charge in [-0.3, -0.25) is 4.79 Å². The Bertz CT molecular complexity index is 406. The summed E-state index contributed by atoms with van der Waals surface area (Å²) in [4.78, 5) is 11.6.